The fourth-order valence-corrected chi connectivity index (χ4v) is 4.28. The molecule has 0 spiro atoms. The van der Waals surface area contributed by atoms with Crippen LogP contribution >= 0.6 is 23.1 Å². The first kappa shape index (κ1) is 15.5. The third kappa shape index (κ3) is 3.48. The second kappa shape index (κ2) is 6.36. The molecule has 1 aliphatic rings. The van der Waals surface area contributed by atoms with Gasteiger partial charge < -0.3 is 5.11 Å². The van der Waals surface area contributed by atoms with E-state index in [1.807, 2.05) is 0 Å². The summed E-state index contributed by atoms with van der Waals surface area (Å²) in [5.74, 6) is 0.563. The monoisotopic (exact) mass is 338 g/mol. The zero-order valence-corrected chi connectivity index (χ0v) is 13.3. The third-order valence-corrected chi connectivity index (χ3v) is 5.58. The maximum atomic E-state index is 12.9. The second-order valence-corrected chi connectivity index (χ2v) is 7.44. The molecule has 22 heavy (non-hydrogen) atoms. The van der Waals surface area contributed by atoms with Crippen LogP contribution in [0.5, 0.6) is 0 Å². The topological polar surface area (TPSA) is 62.2 Å². The van der Waals surface area contributed by atoms with E-state index in [0.29, 0.717) is 23.7 Å². The molecule has 0 aliphatic carbocycles. The summed E-state index contributed by atoms with van der Waals surface area (Å²) in [6, 6.07) is 6.30. The lowest BCUT2D eigenvalue weighted by molar-refractivity contribution is -0.131. The number of thioether (sulfide) groups is 1. The van der Waals surface area contributed by atoms with Crippen molar-refractivity contribution in [2.45, 2.75) is 18.4 Å². The van der Waals surface area contributed by atoms with Gasteiger partial charge in [-0.05, 0) is 29.9 Å². The van der Waals surface area contributed by atoms with Crippen LogP contribution < -0.4 is 5.32 Å². The largest absolute Gasteiger partial charge is 0.379 e. The molecule has 2 aromatic rings. The van der Waals surface area contributed by atoms with Crippen LogP contribution in [0.3, 0.4) is 0 Å². The molecule has 1 aliphatic heterocycles. The predicted molar refractivity (Wildman–Crippen MR) is 86.8 cm³/mol. The van der Waals surface area contributed by atoms with E-state index >= 15 is 0 Å². The molecule has 0 saturated carbocycles. The molecule has 2 heterocycles. The minimum atomic E-state index is -1.28. The Bertz CT molecular complexity index is 666. The van der Waals surface area contributed by atoms with Gasteiger partial charge in [-0.2, -0.15) is 11.8 Å². The van der Waals surface area contributed by atoms with E-state index in [2.05, 4.69) is 10.3 Å². The highest BCUT2D eigenvalue weighted by atomic mass is 32.2. The van der Waals surface area contributed by atoms with Gasteiger partial charge in [0.05, 0.1) is 0 Å². The molecule has 7 heteroatoms. The standard InChI is InChI=1S/C15H15FN2O2S2/c16-11-3-1-10(2-4-11)7-12-8-17-14(22-12)18-13(19)15(20)5-6-21-9-15/h1-4,8,20H,5-7,9H2,(H,17,18,19). The highest BCUT2D eigenvalue weighted by Crippen LogP contribution is 2.30. The number of carbonyl (C=O) groups is 1. The molecule has 3 rings (SSSR count). The molecule has 116 valence electrons. The van der Waals surface area contributed by atoms with Crippen LogP contribution in [0.2, 0.25) is 0 Å². The molecule has 1 fully saturated rings. The molecule has 1 atom stereocenters. The van der Waals surface area contributed by atoms with E-state index in [-0.39, 0.29) is 11.7 Å². The van der Waals surface area contributed by atoms with Gasteiger partial charge in [0.25, 0.3) is 5.91 Å². The Morgan fingerprint density at radius 2 is 2.18 bits per heavy atom. The number of aromatic nitrogens is 1. The van der Waals surface area contributed by atoms with Crippen LogP contribution in [-0.2, 0) is 11.2 Å². The Balaban J connectivity index is 1.63. The number of amides is 1. The number of benzene rings is 1. The Hall–Kier alpha value is -1.44. The van der Waals surface area contributed by atoms with E-state index in [0.717, 1.165) is 16.2 Å². The highest BCUT2D eigenvalue weighted by molar-refractivity contribution is 7.99. The summed E-state index contributed by atoms with van der Waals surface area (Å²) in [7, 11) is 0. The maximum absolute atomic E-state index is 12.9. The lowest BCUT2D eigenvalue weighted by Gasteiger charge is -2.18. The number of nitrogens with one attached hydrogen (secondary N) is 1. The molecule has 1 saturated heterocycles. The van der Waals surface area contributed by atoms with Crippen LogP contribution in [0.15, 0.2) is 30.5 Å². The SMILES string of the molecule is O=C(Nc1ncc(Cc2ccc(F)cc2)s1)C1(O)CCSC1. The van der Waals surface area contributed by atoms with E-state index in [1.165, 1.54) is 23.5 Å². The van der Waals surface area contributed by atoms with Crippen LogP contribution in [0.4, 0.5) is 9.52 Å². The molecule has 1 aromatic heterocycles. The van der Waals surface area contributed by atoms with Crippen molar-refractivity contribution >= 4 is 34.1 Å². The normalized spacial score (nSPS) is 21.0. The second-order valence-electron chi connectivity index (χ2n) is 5.22. The number of rotatable bonds is 4. The Morgan fingerprint density at radius 3 is 2.86 bits per heavy atom. The summed E-state index contributed by atoms with van der Waals surface area (Å²) in [5, 5.41) is 13.4. The van der Waals surface area contributed by atoms with Crippen molar-refractivity contribution in [2.24, 2.45) is 0 Å². The molecular weight excluding hydrogens is 323 g/mol. The molecule has 1 unspecified atom stereocenters. The first-order valence-corrected chi connectivity index (χ1v) is 8.83. The van der Waals surface area contributed by atoms with E-state index in [4.69, 9.17) is 0 Å². The van der Waals surface area contributed by atoms with E-state index in [9.17, 15) is 14.3 Å². The fraction of sp³-hybridized carbons (Fsp3) is 0.333. The Labute approximate surface area is 135 Å². The summed E-state index contributed by atoms with van der Waals surface area (Å²) in [6.45, 7) is 0. The Morgan fingerprint density at radius 1 is 1.41 bits per heavy atom. The number of thiazole rings is 1. The summed E-state index contributed by atoms with van der Waals surface area (Å²) in [4.78, 5) is 17.2. The van der Waals surface area contributed by atoms with Gasteiger partial charge in [0.2, 0.25) is 0 Å². The fourth-order valence-electron chi connectivity index (χ4n) is 2.20. The molecule has 1 aromatic carbocycles. The van der Waals surface area contributed by atoms with Gasteiger partial charge in [-0.3, -0.25) is 10.1 Å². The van der Waals surface area contributed by atoms with Gasteiger partial charge >= 0.3 is 0 Å². The molecule has 2 N–H and O–H groups in total. The van der Waals surface area contributed by atoms with Crippen LogP contribution in [0.1, 0.15) is 16.9 Å². The zero-order valence-electron chi connectivity index (χ0n) is 11.7. The summed E-state index contributed by atoms with van der Waals surface area (Å²) < 4.78 is 12.9. The minimum Gasteiger partial charge on any atom is -0.379 e. The number of anilines is 1. The average Bonchev–Trinajstić information content (AvgIpc) is 3.12. The summed E-state index contributed by atoms with van der Waals surface area (Å²) in [6.07, 6.45) is 2.79. The van der Waals surface area contributed by atoms with Crippen LogP contribution in [-0.4, -0.2) is 33.1 Å². The zero-order chi connectivity index (χ0) is 15.6. The highest BCUT2D eigenvalue weighted by Gasteiger charge is 2.39. The molecule has 1 amide bonds. The van der Waals surface area contributed by atoms with Gasteiger partial charge in [-0.15, -0.1) is 11.3 Å². The lowest BCUT2D eigenvalue weighted by atomic mass is 10.0. The van der Waals surface area contributed by atoms with Gasteiger partial charge in [0, 0.05) is 23.2 Å². The predicted octanol–water partition coefficient (Wildman–Crippen LogP) is 2.68. The molecule has 4 nitrogen and oxygen atoms in total. The molecular formula is C15H15FN2O2S2. The van der Waals surface area contributed by atoms with Crippen LogP contribution in [0, 0.1) is 5.82 Å². The van der Waals surface area contributed by atoms with Crippen molar-refractivity contribution in [2.75, 3.05) is 16.8 Å². The van der Waals surface area contributed by atoms with Gasteiger partial charge in [-0.1, -0.05) is 12.1 Å². The summed E-state index contributed by atoms with van der Waals surface area (Å²) in [5.41, 5.74) is -0.304. The van der Waals surface area contributed by atoms with Gasteiger partial charge in [0.15, 0.2) is 10.7 Å². The minimum absolute atomic E-state index is 0.260. The maximum Gasteiger partial charge on any atom is 0.259 e. The average molecular weight is 338 g/mol. The lowest BCUT2D eigenvalue weighted by Crippen LogP contribution is -2.42. The van der Waals surface area contributed by atoms with E-state index < -0.39 is 5.60 Å². The van der Waals surface area contributed by atoms with Crippen molar-refractivity contribution in [3.8, 4) is 0 Å². The van der Waals surface area contributed by atoms with Gasteiger partial charge in [-0.25, -0.2) is 9.37 Å². The Kier molecular flexibility index (Phi) is 4.46. The molecule has 0 radical (unpaired) electrons. The van der Waals surface area contributed by atoms with Crippen molar-refractivity contribution in [1.82, 2.24) is 4.98 Å². The van der Waals surface area contributed by atoms with Crippen molar-refractivity contribution in [3.63, 3.8) is 0 Å². The first-order chi connectivity index (χ1) is 10.5. The summed E-state index contributed by atoms with van der Waals surface area (Å²) >= 11 is 2.93. The quantitative estimate of drug-likeness (QED) is 0.900. The molecule has 0 bridgehead atoms. The number of hydrogen-bond acceptors (Lipinski definition) is 5. The number of hydrogen-bond donors (Lipinski definition) is 2. The smallest absolute Gasteiger partial charge is 0.259 e. The van der Waals surface area contributed by atoms with Crippen molar-refractivity contribution in [1.29, 1.82) is 0 Å². The third-order valence-electron chi connectivity index (χ3n) is 3.49. The van der Waals surface area contributed by atoms with Crippen molar-refractivity contribution in [3.05, 3.63) is 46.7 Å². The number of halogens is 1. The van der Waals surface area contributed by atoms with E-state index in [1.54, 1.807) is 30.1 Å². The number of nitrogens with zero attached hydrogens (tertiary/aromatic N) is 1. The number of carbonyl (C=O) groups excluding carboxylic acids is 1. The van der Waals surface area contributed by atoms with Gasteiger partial charge in [0.1, 0.15) is 5.82 Å². The first-order valence-electron chi connectivity index (χ1n) is 6.86. The van der Waals surface area contributed by atoms with Crippen molar-refractivity contribution < 1.29 is 14.3 Å². The number of aliphatic hydroxyl groups is 1. The van der Waals surface area contributed by atoms with Crippen LogP contribution in [0.25, 0.3) is 0 Å².